The molecule has 3 nitrogen and oxygen atoms in total. The second-order valence-electron chi connectivity index (χ2n) is 12.5. The number of furan rings is 2. The fraction of sp³-hybridized carbons (Fsp3) is 0. The van der Waals surface area contributed by atoms with Crippen molar-refractivity contribution in [1.29, 1.82) is 0 Å². The summed E-state index contributed by atoms with van der Waals surface area (Å²) in [6.07, 6.45) is 0. The van der Waals surface area contributed by atoms with Gasteiger partial charge in [-0.15, -0.1) is 0 Å². The fourth-order valence-electron chi connectivity index (χ4n) is 7.36. The summed E-state index contributed by atoms with van der Waals surface area (Å²) < 4.78 is 12.9. The quantitative estimate of drug-likeness (QED) is 0.190. The molecule has 10 rings (SSSR count). The second kappa shape index (κ2) is 11.0. The summed E-state index contributed by atoms with van der Waals surface area (Å²) >= 11 is 0. The summed E-state index contributed by atoms with van der Waals surface area (Å²) in [4.78, 5) is 2.34. The number of benzene rings is 8. The summed E-state index contributed by atoms with van der Waals surface area (Å²) in [5, 5.41) is 6.86. The molecule has 230 valence electrons. The number of para-hydroxylation sites is 2. The van der Waals surface area contributed by atoms with Gasteiger partial charge in [0, 0.05) is 50.6 Å². The Balaban J connectivity index is 1.26. The third-order valence-electron chi connectivity index (χ3n) is 9.67. The Hall–Kier alpha value is -6.58. The highest BCUT2D eigenvalue weighted by Crippen LogP contribution is 2.46. The molecule has 10 aromatic rings. The van der Waals surface area contributed by atoms with Crippen molar-refractivity contribution in [2.75, 3.05) is 4.90 Å². The zero-order valence-electron chi connectivity index (χ0n) is 26.5. The minimum atomic E-state index is 0.847. The van der Waals surface area contributed by atoms with Crippen molar-refractivity contribution in [2.45, 2.75) is 0 Å². The molecule has 49 heavy (non-hydrogen) atoms. The van der Waals surface area contributed by atoms with E-state index in [1.165, 1.54) is 16.3 Å². The smallest absolute Gasteiger partial charge is 0.137 e. The molecule has 0 saturated heterocycles. The van der Waals surface area contributed by atoms with Gasteiger partial charge in [-0.1, -0.05) is 121 Å². The molecule has 8 aromatic carbocycles. The lowest BCUT2D eigenvalue weighted by molar-refractivity contribution is 0.669. The van der Waals surface area contributed by atoms with Crippen LogP contribution in [0.5, 0.6) is 0 Å². The van der Waals surface area contributed by atoms with Crippen molar-refractivity contribution in [1.82, 2.24) is 0 Å². The van der Waals surface area contributed by atoms with E-state index >= 15 is 0 Å². The average Bonchev–Trinajstić information content (AvgIpc) is 3.73. The number of nitrogens with zero attached hydrogens (tertiary/aromatic N) is 1. The van der Waals surface area contributed by atoms with Gasteiger partial charge in [-0.3, -0.25) is 0 Å². The third-order valence-corrected chi connectivity index (χ3v) is 9.67. The van der Waals surface area contributed by atoms with Gasteiger partial charge in [0.15, 0.2) is 0 Å². The van der Waals surface area contributed by atoms with Crippen molar-refractivity contribution in [3.05, 3.63) is 176 Å². The van der Waals surface area contributed by atoms with Gasteiger partial charge in [-0.05, 0) is 69.9 Å². The molecule has 0 radical (unpaired) electrons. The van der Waals surface area contributed by atoms with Gasteiger partial charge < -0.3 is 13.7 Å². The van der Waals surface area contributed by atoms with Crippen LogP contribution in [0.25, 0.3) is 76.9 Å². The molecule has 2 aromatic heterocycles. The molecule has 0 spiro atoms. The van der Waals surface area contributed by atoms with Crippen molar-refractivity contribution >= 4 is 71.7 Å². The van der Waals surface area contributed by atoms with E-state index in [9.17, 15) is 0 Å². The van der Waals surface area contributed by atoms with Crippen LogP contribution in [0.4, 0.5) is 17.1 Å². The van der Waals surface area contributed by atoms with E-state index in [1.54, 1.807) is 0 Å². The highest BCUT2D eigenvalue weighted by atomic mass is 16.3. The van der Waals surface area contributed by atoms with Gasteiger partial charge >= 0.3 is 0 Å². The maximum absolute atomic E-state index is 6.44. The number of anilines is 3. The molecule has 3 heteroatoms. The van der Waals surface area contributed by atoms with Crippen molar-refractivity contribution in [3.8, 4) is 22.3 Å². The Labute approximate surface area is 282 Å². The SMILES string of the molecule is c1ccc(-c2ccc(-c3cccc4ccccc34)cc2N(c2ccc3c(c2)oc2ccccc23)c2ccc3c(c2)oc2ccccc23)cc1. The standard InChI is InChI=1S/C46H29NO2/c1-2-11-31(12-3-1)37-24-21-32(36-18-10-14-30-13-4-5-15-35(30)36)27-42(37)47(33-22-25-40-38-16-6-8-19-43(38)48-45(40)28-33)34-23-26-41-39-17-7-9-20-44(39)49-46(41)29-34/h1-29H. The minimum absolute atomic E-state index is 0.847. The first-order valence-corrected chi connectivity index (χ1v) is 16.6. The topological polar surface area (TPSA) is 29.5 Å². The largest absolute Gasteiger partial charge is 0.456 e. The Kier molecular flexibility index (Phi) is 6.18. The van der Waals surface area contributed by atoms with Crippen LogP contribution in [0.3, 0.4) is 0 Å². The van der Waals surface area contributed by atoms with E-state index in [1.807, 2.05) is 24.3 Å². The fourth-order valence-corrected chi connectivity index (χ4v) is 7.36. The highest BCUT2D eigenvalue weighted by Gasteiger charge is 2.21. The van der Waals surface area contributed by atoms with E-state index < -0.39 is 0 Å². The molecule has 0 aliphatic heterocycles. The molecular weight excluding hydrogens is 599 g/mol. The van der Waals surface area contributed by atoms with E-state index in [0.29, 0.717) is 0 Å². The second-order valence-corrected chi connectivity index (χ2v) is 12.5. The van der Waals surface area contributed by atoms with Crippen LogP contribution in [0.15, 0.2) is 185 Å². The van der Waals surface area contributed by atoms with Gasteiger partial charge in [0.05, 0.1) is 5.69 Å². The Morgan fingerprint density at radius 1 is 0.327 bits per heavy atom. The van der Waals surface area contributed by atoms with Gasteiger partial charge in [-0.2, -0.15) is 0 Å². The number of fused-ring (bicyclic) bond motifs is 7. The molecule has 0 N–H and O–H groups in total. The van der Waals surface area contributed by atoms with Gasteiger partial charge in [0.1, 0.15) is 22.3 Å². The van der Waals surface area contributed by atoms with Crippen LogP contribution in [0, 0.1) is 0 Å². The summed E-state index contributed by atoms with van der Waals surface area (Å²) in [6, 6.07) is 62.1. The molecule has 0 atom stereocenters. The van der Waals surface area contributed by atoms with Gasteiger partial charge in [0.2, 0.25) is 0 Å². The zero-order valence-corrected chi connectivity index (χ0v) is 26.5. The average molecular weight is 628 g/mol. The van der Waals surface area contributed by atoms with Crippen molar-refractivity contribution < 1.29 is 8.83 Å². The summed E-state index contributed by atoms with van der Waals surface area (Å²) in [5.74, 6) is 0. The number of rotatable bonds is 5. The first-order chi connectivity index (χ1) is 24.3. The Bertz CT molecular complexity index is 2720. The molecule has 0 aliphatic rings. The van der Waals surface area contributed by atoms with Crippen LogP contribution < -0.4 is 4.90 Å². The summed E-state index contributed by atoms with van der Waals surface area (Å²) in [7, 11) is 0. The predicted molar refractivity (Wildman–Crippen MR) is 204 cm³/mol. The first kappa shape index (κ1) is 27.5. The van der Waals surface area contributed by atoms with Crippen LogP contribution in [-0.2, 0) is 0 Å². The Morgan fingerprint density at radius 3 is 1.55 bits per heavy atom. The summed E-state index contributed by atoms with van der Waals surface area (Å²) in [6.45, 7) is 0. The maximum atomic E-state index is 6.44. The predicted octanol–water partition coefficient (Wildman–Crippen LogP) is 13.4. The number of hydrogen-bond acceptors (Lipinski definition) is 3. The molecule has 0 fully saturated rings. The molecule has 0 amide bonds. The molecule has 0 saturated carbocycles. The van der Waals surface area contributed by atoms with Crippen molar-refractivity contribution in [2.24, 2.45) is 0 Å². The first-order valence-electron chi connectivity index (χ1n) is 16.6. The van der Waals surface area contributed by atoms with Crippen molar-refractivity contribution in [3.63, 3.8) is 0 Å². The van der Waals surface area contributed by atoms with Crippen LogP contribution in [0.2, 0.25) is 0 Å². The zero-order chi connectivity index (χ0) is 32.3. The molecule has 0 bridgehead atoms. The van der Waals surface area contributed by atoms with E-state index in [2.05, 4.69) is 157 Å². The van der Waals surface area contributed by atoms with E-state index in [0.717, 1.165) is 77.6 Å². The third kappa shape index (κ3) is 4.51. The monoisotopic (exact) mass is 627 g/mol. The molecular formula is C46H29NO2. The van der Waals surface area contributed by atoms with E-state index in [-0.39, 0.29) is 0 Å². The Morgan fingerprint density at radius 2 is 0.878 bits per heavy atom. The van der Waals surface area contributed by atoms with Crippen LogP contribution in [0.1, 0.15) is 0 Å². The van der Waals surface area contributed by atoms with Crippen LogP contribution in [-0.4, -0.2) is 0 Å². The highest BCUT2D eigenvalue weighted by molar-refractivity contribution is 6.08. The van der Waals surface area contributed by atoms with Gasteiger partial charge in [-0.25, -0.2) is 0 Å². The lowest BCUT2D eigenvalue weighted by Crippen LogP contribution is -2.11. The normalized spacial score (nSPS) is 11.7. The molecule has 2 heterocycles. The van der Waals surface area contributed by atoms with Crippen LogP contribution >= 0.6 is 0 Å². The molecule has 0 unspecified atom stereocenters. The lowest BCUT2D eigenvalue weighted by atomic mass is 9.94. The molecule has 0 aliphatic carbocycles. The van der Waals surface area contributed by atoms with E-state index in [4.69, 9.17) is 8.83 Å². The minimum Gasteiger partial charge on any atom is -0.456 e. The summed E-state index contributed by atoms with van der Waals surface area (Å²) in [5.41, 5.74) is 11.1. The number of hydrogen-bond donors (Lipinski definition) is 0. The van der Waals surface area contributed by atoms with Gasteiger partial charge in [0.25, 0.3) is 0 Å². The lowest BCUT2D eigenvalue weighted by Gasteiger charge is -2.28. The maximum Gasteiger partial charge on any atom is 0.137 e.